The summed E-state index contributed by atoms with van der Waals surface area (Å²) in [6.07, 6.45) is 12.1. The Labute approximate surface area is 167 Å². The van der Waals surface area contributed by atoms with E-state index in [1.54, 1.807) is 5.57 Å². The third kappa shape index (κ3) is 1.98. The number of allylic oxidation sites excluding steroid dienone is 2. The lowest BCUT2D eigenvalue weighted by Crippen LogP contribution is -2.56. The molecule has 4 heteroatoms. The summed E-state index contributed by atoms with van der Waals surface area (Å²) < 4.78 is 6.23. The van der Waals surface area contributed by atoms with E-state index in [4.69, 9.17) is 4.74 Å². The average Bonchev–Trinajstić information content (AvgIpc) is 3.35. The van der Waals surface area contributed by atoms with Crippen molar-refractivity contribution in [2.24, 2.45) is 52.0 Å². The van der Waals surface area contributed by atoms with Crippen molar-refractivity contribution >= 4 is 11.7 Å². The highest BCUT2D eigenvalue weighted by Gasteiger charge is 2.79. The van der Waals surface area contributed by atoms with Gasteiger partial charge in [-0.05, 0) is 86.5 Å². The standard InChI is InChI=1S/C24H33NO3/c1-3-13-10-14-11-15(25-27)4-5-16(14)17-6-8-23(2)22(21(13)17)18-12-19(18)24(23)9-7-20(26)28-24/h11,13,16-19,21-22,27H,3-10,12H2,1-2H3/b25-15+/t13-,16-,17?,18-,19+,21?,22?,23-,24-/m0/s1. The van der Waals surface area contributed by atoms with Crippen LogP contribution in [0.25, 0.3) is 0 Å². The van der Waals surface area contributed by atoms with Crippen LogP contribution >= 0.6 is 0 Å². The molecule has 152 valence electrons. The van der Waals surface area contributed by atoms with E-state index in [-0.39, 0.29) is 17.0 Å². The van der Waals surface area contributed by atoms with E-state index in [0.29, 0.717) is 18.3 Å². The zero-order valence-corrected chi connectivity index (χ0v) is 17.2. The number of carbonyl (C=O) groups is 1. The maximum absolute atomic E-state index is 12.2. The Hall–Kier alpha value is -1.32. The second-order valence-corrected chi connectivity index (χ2v) is 10.9. The number of carbonyl (C=O) groups excluding carboxylic acids is 1. The number of rotatable bonds is 1. The third-order valence-electron chi connectivity index (χ3n) is 10.3. The molecular formula is C24H33NO3. The third-order valence-corrected chi connectivity index (χ3v) is 10.3. The molecule has 28 heavy (non-hydrogen) atoms. The second kappa shape index (κ2) is 5.64. The number of fused-ring (bicyclic) bond motifs is 9. The van der Waals surface area contributed by atoms with Gasteiger partial charge in [0.15, 0.2) is 0 Å². The van der Waals surface area contributed by atoms with Crippen LogP contribution in [0, 0.1) is 46.8 Å². The molecule has 6 aliphatic rings. The van der Waals surface area contributed by atoms with E-state index < -0.39 is 0 Å². The predicted molar refractivity (Wildman–Crippen MR) is 106 cm³/mol. The Morgan fingerprint density at radius 2 is 2.11 bits per heavy atom. The second-order valence-electron chi connectivity index (χ2n) is 10.9. The normalized spacial score (nSPS) is 55.2. The van der Waals surface area contributed by atoms with Crippen molar-refractivity contribution < 1.29 is 14.7 Å². The lowest BCUT2D eigenvalue weighted by atomic mass is 9.46. The fourth-order valence-corrected chi connectivity index (χ4v) is 9.22. The Balaban J connectivity index is 1.40. The van der Waals surface area contributed by atoms with Gasteiger partial charge in [-0.25, -0.2) is 0 Å². The topological polar surface area (TPSA) is 58.9 Å². The van der Waals surface area contributed by atoms with Crippen molar-refractivity contribution in [2.45, 2.75) is 77.2 Å². The van der Waals surface area contributed by atoms with Crippen molar-refractivity contribution in [2.75, 3.05) is 0 Å². The molecule has 0 radical (unpaired) electrons. The van der Waals surface area contributed by atoms with Crippen molar-refractivity contribution in [3.05, 3.63) is 11.6 Å². The minimum absolute atomic E-state index is 0.0543. The Kier molecular flexibility index (Phi) is 3.53. The lowest BCUT2D eigenvalue weighted by Gasteiger charge is -2.59. The molecule has 5 fully saturated rings. The summed E-state index contributed by atoms with van der Waals surface area (Å²) in [6.45, 7) is 4.86. The predicted octanol–water partition coefficient (Wildman–Crippen LogP) is 4.96. The summed E-state index contributed by atoms with van der Waals surface area (Å²) in [7, 11) is 0. The van der Waals surface area contributed by atoms with Crippen molar-refractivity contribution in [3.63, 3.8) is 0 Å². The zero-order valence-electron chi connectivity index (χ0n) is 17.2. The Morgan fingerprint density at radius 3 is 2.82 bits per heavy atom. The van der Waals surface area contributed by atoms with Gasteiger partial charge in [0, 0.05) is 17.8 Å². The number of oxime groups is 1. The monoisotopic (exact) mass is 383 g/mol. The molecular weight excluding hydrogens is 350 g/mol. The number of nitrogens with zero attached hydrogens (tertiary/aromatic N) is 1. The highest BCUT2D eigenvalue weighted by atomic mass is 16.6. The summed E-state index contributed by atoms with van der Waals surface area (Å²) in [5.74, 6) is 5.19. The average molecular weight is 384 g/mol. The van der Waals surface area contributed by atoms with E-state index in [9.17, 15) is 10.0 Å². The minimum atomic E-state index is -0.137. The molecule has 1 spiro atoms. The quantitative estimate of drug-likeness (QED) is 0.396. The number of esters is 1. The number of hydrogen-bond acceptors (Lipinski definition) is 4. The summed E-state index contributed by atoms with van der Waals surface area (Å²) in [6, 6.07) is 0. The highest BCUT2D eigenvalue weighted by molar-refractivity contribution is 5.96. The van der Waals surface area contributed by atoms with Gasteiger partial charge < -0.3 is 9.94 Å². The molecule has 5 aliphatic carbocycles. The van der Waals surface area contributed by atoms with Crippen LogP contribution in [0.1, 0.15) is 71.6 Å². The summed E-state index contributed by atoms with van der Waals surface area (Å²) in [5, 5.41) is 12.8. The Bertz CT molecular complexity index is 787. The van der Waals surface area contributed by atoms with Crippen LogP contribution < -0.4 is 0 Å². The molecule has 4 saturated carbocycles. The van der Waals surface area contributed by atoms with Gasteiger partial charge in [-0.3, -0.25) is 4.79 Å². The zero-order chi connectivity index (χ0) is 19.3. The minimum Gasteiger partial charge on any atom is -0.458 e. The molecule has 1 heterocycles. The van der Waals surface area contributed by atoms with Crippen LogP contribution in [-0.4, -0.2) is 22.5 Å². The lowest BCUT2D eigenvalue weighted by molar-refractivity contribution is -0.177. The molecule has 1 N–H and O–H groups in total. The van der Waals surface area contributed by atoms with Crippen LogP contribution in [-0.2, 0) is 9.53 Å². The molecule has 9 atom stereocenters. The van der Waals surface area contributed by atoms with Gasteiger partial charge in [0.1, 0.15) is 5.60 Å². The molecule has 4 nitrogen and oxygen atoms in total. The van der Waals surface area contributed by atoms with E-state index in [0.717, 1.165) is 54.6 Å². The van der Waals surface area contributed by atoms with Crippen LogP contribution in [0.15, 0.2) is 16.8 Å². The van der Waals surface area contributed by atoms with Gasteiger partial charge in [-0.2, -0.15) is 0 Å². The maximum atomic E-state index is 12.2. The summed E-state index contributed by atoms with van der Waals surface area (Å²) in [4.78, 5) is 12.2. The van der Waals surface area contributed by atoms with Crippen LogP contribution in [0.3, 0.4) is 0 Å². The van der Waals surface area contributed by atoms with Gasteiger partial charge in [0.2, 0.25) is 0 Å². The molecule has 1 saturated heterocycles. The first-order valence-corrected chi connectivity index (χ1v) is 11.7. The van der Waals surface area contributed by atoms with Gasteiger partial charge in [0.25, 0.3) is 0 Å². The molecule has 3 unspecified atom stereocenters. The van der Waals surface area contributed by atoms with Gasteiger partial charge >= 0.3 is 5.97 Å². The largest absolute Gasteiger partial charge is 0.458 e. The first-order chi connectivity index (χ1) is 13.5. The van der Waals surface area contributed by atoms with Crippen LogP contribution in [0.4, 0.5) is 0 Å². The van der Waals surface area contributed by atoms with Crippen molar-refractivity contribution in [3.8, 4) is 0 Å². The first-order valence-electron chi connectivity index (χ1n) is 11.7. The molecule has 0 bridgehead atoms. The SMILES string of the molecule is CC[C@H]1CC2=C/C(=N/O)CC[C@@H]2C2CC[C@@]3(C)C(C21)[C@H]1C[C@H]1[C@@]31CCC(=O)O1. The summed E-state index contributed by atoms with van der Waals surface area (Å²) >= 11 is 0. The Morgan fingerprint density at radius 1 is 1.25 bits per heavy atom. The van der Waals surface area contributed by atoms with E-state index in [2.05, 4.69) is 25.1 Å². The highest BCUT2D eigenvalue weighted by Crippen LogP contribution is 2.79. The van der Waals surface area contributed by atoms with Gasteiger partial charge in [-0.15, -0.1) is 0 Å². The number of ether oxygens (including phenoxy) is 1. The van der Waals surface area contributed by atoms with Crippen molar-refractivity contribution in [1.29, 1.82) is 0 Å². The first kappa shape index (κ1) is 17.5. The van der Waals surface area contributed by atoms with E-state index in [1.165, 1.54) is 32.1 Å². The smallest absolute Gasteiger partial charge is 0.306 e. The fraction of sp³-hybridized carbons (Fsp3) is 0.833. The van der Waals surface area contributed by atoms with Crippen LogP contribution in [0.5, 0.6) is 0 Å². The van der Waals surface area contributed by atoms with Crippen molar-refractivity contribution in [1.82, 2.24) is 0 Å². The molecule has 0 amide bonds. The molecule has 1 aliphatic heterocycles. The summed E-state index contributed by atoms with van der Waals surface area (Å²) in [5.41, 5.74) is 2.49. The molecule has 0 aromatic carbocycles. The fourth-order valence-electron chi connectivity index (χ4n) is 9.22. The van der Waals surface area contributed by atoms with Gasteiger partial charge in [0.05, 0.1) is 5.71 Å². The van der Waals surface area contributed by atoms with Crippen LogP contribution in [0.2, 0.25) is 0 Å². The maximum Gasteiger partial charge on any atom is 0.306 e. The molecule has 0 aromatic rings. The molecule has 6 rings (SSSR count). The molecule has 0 aromatic heterocycles. The van der Waals surface area contributed by atoms with E-state index in [1.807, 2.05) is 0 Å². The van der Waals surface area contributed by atoms with E-state index >= 15 is 0 Å². The number of hydrogen-bond donors (Lipinski definition) is 1. The van der Waals surface area contributed by atoms with Gasteiger partial charge in [-0.1, -0.05) is 31.0 Å².